The lowest BCUT2D eigenvalue weighted by molar-refractivity contribution is -0.139. The van der Waals surface area contributed by atoms with Gasteiger partial charge >= 0.3 is 6.03 Å². The topological polar surface area (TPSA) is 84.7 Å². The number of benzene rings is 1. The minimum atomic E-state index is -0.783. The number of amides is 3. The fourth-order valence-electron chi connectivity index (χ4n) is 4.90. The molecule has 1 heterocycles. The number of nitrogens with one attached hydrogen (secondary N) is 1. The van der Waals surface area contributed by atoms with Crippen LogP contribution >= 0.6 is 0 Å². The smallest absolute Gasteiger partial charge is 0.313 e. The second-order valence-corrected chi connectivity index (χ2v) is 8.31. The summed E-state index contributed by atoms with van der Waals surface area (Å²) in [5.41, 5.74) is 7.01. The highest BCUT2D eigenvalue weighted by Gasteiger charge is 2.54. The first-order valence-electron chi connectivity index (χ1n) is 10.1. The Hall–Kier alpha value is -2.24. The minimum absolute atomic E-state index is 0.0327. The van der Waals surface area contributed by atoms with Crippen LogP contribution in [0.5, 0.6) is 5.75 Å². The highest BCUT2D eigenvalue weighted by molar-refractivity contribution is 5.93. The third-order valence-corrected chi connectivity index (χ3v) is 6.56. The lowest BCUT2D eigenvalue weighted by Crippen LogP contribution is -2.57. The Labute approximate surface area is 160 Å². The molecule has 1 atom stereocenters. The molecule has 2 fully saturated rings. The van der Waals surface area contributed by atoms with Crippen molar-refractivity contribution >= 4 is 11.9 Å². The number of methoxy groups -OCH3 is 1. The summed E-state index contributed by atoms with van der Waals surface area (Å²) in [7, 11) is 1.66. The Morgan fingerprint density at radius 3 is 2.56 bits per heavy atom. The van der Waals surface area contributed by atoms with Crippen molar-refractivity contribution in [2.24, 2.45) is 11.7 Å². The van der Waals surface area contributed by atoms with Gasteiger partial charge in [0.15, 0.2) is 0 Å². The number of nitrogens with two attached hydrogens (primary N) is 1. The summed E-state index contributed by atoms with van der Waals surface area (Å²) < 4.78 is 5.37. The lowest BCUT2D eigenvalue weighted by atomic mass is 9.78. The van der Waals surface area contributed by atoms with Crippen LogP contribution in [-0.2, 0) is 17.8 Å². The van der Waals surface area contributed by atoms with Crippen LogP contribution in [0.15, 0.2) is 18.2 Å². The number of hydrogen-bond donors (Lipinski definition) is 2. The van der Waals surface area contributed by atoms with E-state index in [0.717, 1.165) is 17.7 Å². The number of carbonyl (C=O) groups is 2. The van der Waals surface area contributed by atoms with E-state index in [1.807, 2.05) is 17.0 Å². The zero-order chi connectivity index (χ0) is 19.0. The fourth-order valence-corrected chi connectivity index (χ4v) is 4.90. The van der Waals surface area contributed by atoms with Crippen LogP contribution in [0.1, 0.15) is 56.1 Å². The Bertz CT molecular complexity index is 738. The molecular formula is C21H29N3O3. The second kappa shape index (κ2) is 7.06. The van der Waals surface area contributed by atoms with Gasteiger partial charge in [-0.05, 0) is 61.3 Å². The standard InChI is InChI=1S/C21H29N3O3/c1-27-17-8-7-15-12-18(14-5-3-2-4-6-14)24(13-16(15)11-17)19(25)21(9-10-21)23-20(22)26/h7-8,11,14,18H,2-6,9-10,12-13H2,1H3,(H3,22,23,26). The third kappa shape index (κ3) is 3.49. The van der Waals surface area contributed by atoms with E-state index in [1.54, 1.807) is 7.11 Å². The Kier molecular flexibility index (Phi) is 4.74. The zero-order valence-corrected chi connectivity index (χ0v) is 16.0. The maximum atomic E-state index is 13.5. The van der Waals surface area contributed by atoms with Gasteiger partial charge in [-0.1, -0.05) is 25.3 Å². The van der Waals surface area contributed by atoms with Gasteiger partial charge in [0.2, 0.25) is 5.91 Å². The molecule has 0 bridgehead atoms. The van der Waals surface area contributed by atoms with Crippen molar-refractivity contribution < 1.29 is 14.3 Å². The van der Waals surface area contributed by atoms with Crippen molar-refractivity contribution in [1.82, 2.24) is 10.2 Å². The first-order chi connectivity index (χ1) is 13.0. The molecule has 0 radical (unpaired) electrons. The number of ether oxygens (including phenoxy) is 1. The average molecular weight is 371 g/mol. The Balaban J connectivity index is 1.64. The van der Waals surface area contributed by atoms with E-state index in [2.05, 4.69) is 11.4 Å². The van der Waals surface area contributed by atoms with E-state index in [9.17, 15) is 9.59 Å². The van der Waals surface area contributed by atoms with Gasteiger partial charge in [0.25, 0.3) is 0 Å². The first-order valence-corrected chi connectivity index (χ1v) is 10.1. The van der Waals surface area contributed by atoms with E-state index < -0.39 is 11.6 Å². The first kappa shape index (κ1) is 18.1. The molecule has 1 aromatic rings. The molecule has 3 aliphatic rings. The van der Waals surface area contributed by atoms with Gasteiger partial charge in [-0.3, -0.25) is 4.79 Å². The lowest BCUT2D eigenvalue weighted by Gasteiger charge is -2.44. The third-order valence-electron chi connectivity index (χ3n) is 6.56. The van der Waals surface area contributed by atoms with Crippen molar-refractivity contribution in [3.05, 3.63) is 29.3 Å². The maximum Gasteiger partial charge on any atom is 0.313 e. The molecule has 27 heavy (non-hydrogen) atoms. The summed E-state index contributed by atoms with van der Waals surface area (Å²) in [5, 5.41) is 2.72. The normalized spacial score (nSPS) is 24.0. The van der Waals surface area contributed by atoms with E-state index in [-0.39, 0.29) is 11.9 Å². The van der Waals surface area contributed by atoms with Gasteiger partial charge in [0.1, 0.15) is 11.3 Å². The van der Waals surface area contributed by atoms with Gasteiger partial charge in [-0.15, -0.1) is 0 Å². The summed E-state index contributed by atoms with van der Waals surface area (Å²) in [6.07, 6.45) is 8.35. The van der Waals surface area contributed by atoms with E-state index in [1.165, 1.54) is 37.7 Å². The molecule has 4 rings (SSSR count). The molecule has 3 amide bonds. The van der Waals surface area contributed by atoms with Gasteiger partial charge in [-0.2, -0.15) is 0 Å². The van der Waals surface area contributed by atoms with Crippen LogP contribution in [0.4, 0.5) is 4.79 Å². The van der Waals surface area contributed by atoms with E-state index in [4.69, 9.17) is 10.5 Å². The van der Waals surface area contributed by atoms with Crippen molar-refractivity contribution in [2.45, 2.75) is 69.5 Å². The van der Waals surface area contributed by atoms with Crippen molar-refractivity contribution in [3.8, 4) is 5.75 Å². The fraction of sp³-hybridized carbons (Fsp3) is 0.619. The van der Waals surface area contributed by atoms with Crippen LogP contribution in [0.2, 0.25) is 0 Å². The maximum absolute atomic E-state index is 13.5. The molecule has 1 aliphatic heterocycles. The number of rotatable bonds is 4. The molecule has 3 N–H and O–H groups in total. The number of fused-ring (bicyclic) bond motifs is 1. The summed E-state index contributed by atoms with van der Waals surface area (Å²) in [6.45, 7) is 0.578. The molecule has 2 aliphatic carbocycles. The summed E-state index contributed by atoms with van der Waals surface area (Å²) in [5.74, 6) is 1.38. The van der Waals surface area contributed by atoms with Crippen molar-refractivity contribution in [2.75, 3.05) is 7.11 Å². The Morgan fingerprint density at radius 1 is 1.19 bits per heavy atom. The molecule has 0 saturated heterocycles. The number of nitrogens with zero attached hydrogens (tertiary/aromatic N) is 1. The summed E-state index contributed by atoms with van der Waals surface area (Å²) in [4.78, 5) is 26.9. The summed E-state index contributed by atoms with van der Waals surface area (Å²) >= 11 is 0. The van der Waals surface area contributed by atoms with Gasteiger partial charge in [0.05, 0.1) is 7.11 Å². The monoisotopic (exact) mass is 371 g/mol. The number of hydrogen-bond acceptors (Lipinski definition) is 3. The molecular weight excluding hydrogens is 342 g/mol. The largest absolute Gasteiger partial charge is 0.497 e. The second-order valence-electron chi connectivity index (χ2n) is 8.31. The highest BCUT2D eigenvalue weighted by atomic mass is 16.5. The molecule has 1 aromatic carbocycles. The van der Waals surface area contributed by atoms with E-state index >= 15 is 0 Å². The molecule has 2 saturated carbocycles. The highest BCUT2D eigenvalue weighted by Crippen LogP contribution is 2.42. The Morgan fingerprint density at radius 2 is 1.93 bits per heavy atom. The molecule has 0 aromatic heterocycles. The number of urea groups is 1. The van der Waals surface area contributed by atoms with Crippen LogP contribution in [0.25, 0.3) is 0 Å². The number of primary amides is 1. The summed E-state index contributed by atoms with van der Waals surface area (Å²) in [6, 6.07) is 5.76. The predicted octanol–water partition coefficient (Wildman–Crippen LogP) is 2.73. The van der Waals surface area contributed by atoms with E-state index in [0.29, 0.717) is 25.3 Å². The average Bonchev–Trinajstić information content (AvgIpc) is 3.46. The van der Waals surface area contributed by atoms with Crippen molar-refractivity contribution in [1.29, 1.82) is 0 Å². The molecule has 6 nitrogen and oxygen atoms in total. The van der Waals surface area contributed by atoms with Crippen LogP contribution < -0.4 is 15.8 Å². The van der Waals surface area contributed by atoms with Crippen LogP contribution in [-0.4, -0.2) is 35.5 Å². The minimum Gasteiger partial charge on any atom is -0.497 e. The zero-order valence-electron chi connectivity index (χ0n) is 16.0. The molecule has 6 heteroatoms. The van der Waals surface area contributed by atoms with Crippen LogP contribution in [0.3, 0.4) is 0 Å². The van der Waals surface area contributed by atoms with Crippen molar-refractivity contribution in [3.63, 3.8) is 0 Å². The van der Waals surface area contributed by atoms with Gasteiger partial charge in [-0.25, -0.2) is 4.79 Å². The molecule has 1 unspecified atom stereocenters. The molecule has 146 valence electrons. The number of carbonyl (C=O) groups excluding carboxylic acids is 2. The SMILES string of the molecule is COc1ccc2c(c1)CN(C(=O)C1(NC(N)=O)CC1)C(C1CCCCC1)C2. The van der Waals surface area contributed by atoms with Crippen LogP contribution in [0, 0.1) is 5.92 Å². The molecule has 0 spiro atoms. The quantitative estimate of drug-likeness (QED) is 0.853. The predicted molar refractivity (Wildman–Crippen MR) is 102 cm³/mol. The van der Waals surface area contributed by atoms with Gasteiger partial charge < -0.3 is 20.7 Å². The van der Waals surface area contributed by atoms with Gasteiger partial charge in [0, 0.05) is 12.6 Å².